The molecular formula is C21H15ClFN3OS. The summed E-state index contributed by atoms with van der Waals surface area (Å²) in [6.45, 7) is 1.92. The summed E-state index contributed by atoms with van der Waals surface area (Å²) in [6, 6.07) is 15.4. The summed E-state index contributed by atoms with van der Waals surface area (Å²) < 4.78 is 15.6. The number of aryl methyl sites for hydroxylation is 1. The highest BCUT2D eigenvalue weighted by Gasteiger charge is 2.16. The molecule has 0 fully saturated rings. The van der Waals surface area contributed by atoms with Gasteiger partial charge in [-0.3, -0.25) is 4.79 Å². The number of rotatable bonds is 4. The fourth-order valence-electron chi connectivity index (χ4n) is 2.81. The fourth-order valence-corrected chi connectivity index (χ4v) is 4.15. The smallest absolute Gasteiger partial charge is 0.267 e. The minimum Gasteiger partial charge on any atom is -0.268 e. The van der Waals surface area contributed by atoms with Gasteiger partial charge in [0.1, 0.15) is 11.6 Å². The van der Waals surface area contributed by atoms with Gasteiger partial charge in [-0.1, -0.05) is 47.6 Å². The molecule has 0 aliphatic carbocycles. The van der Waals surface area contributed by atoms with Gasteiger partial charge < -0.3 is 0 Å². The molecule has 140 valence electrons. The van der Waals surface area contributed by atoms with E-state index in [-0.39, 0.29) is 17.1 Å². The van der Waals surface area contributed by atoms with Crippen molar-refractivity contribution in [2.45, 2.75) is 17.8 Å². The van der Waals surface area contributed by atoms with Gasteiger partial charge in [-0.15, -0.1) is 0 Å². The second-order valence-electron chi connectivity index (χ2n) is 6.23. The number of aromatic nitrogens is 3. The number of para-hydroxylation sites is 1. The zero-order valence-corrected chi connectivity index (χ0v) is 16.5. The zero-order chi connectivity index (χ0) is 19.7. The van der Waals surface area contributed by atoms with Crippen LogP contribution < -0.4 is 5.56 Å². The van der Waals surface area contributed by atoms with Crippen LogP contribution in [0.5, 0.6) is 0 Å². The van der Waals surface area contributed by atoms with Gasteiger partial charge in [0, 0.05) is 22.5 Å². The molecule has 0 aliphatic rings. The summed E-state index contributed by atoms with van der Waals surface area (Å²) in [6.07, 6.45) is 1.69. The van der Waals surface area contributed by atoms with Gasteiger partial charge in [-0.25, -0.2) is 18.9 Å². The molecule has 0 aliphatic heterocycles. The molecule has 0 atom stereocenters. The van der Waals surface area contributed by atoms with Gasteiger partial charge in [0.15, 0.2) is 5.16 Å². The molecule has 0 spiro atoms. The lowest BCUT2D eigenvalue weighted by Gasteiger charge is -2.13. The molecular weight excluding hydrogens is 397 g/mol. The highest BCUT2D eigenvalue weighted by molar-refractivity contribution is 7.98. The molecule has 2 heterocycles. The molecule has 4 nitrogen and oxygen atoms in total. The van der Waals surface area contributed by atoms with Crippen LogP contribution in [-0.4, -0.2) is 14.5 Å². The first-order chi connectivity index (χ1) is 13.5. The molecule has 0 unspecified atom stereocenters. The lowest BCUT2D eigenvalue weighted by atomic mass is 10.2. The van der Waals surface area contributed by atoms with E-state index in [2.05, 4.69) is 9.97 Å². The van der Waals surface area contributed by atoms with Crippen molar-refractivity contribution in [3.05, 3.63) is 93.1 Å². The minimum atomic E-state index is -0.386. The average molecular weight is 412 g/mol. The summed E-state index contributed by atoms with van der Waals surface area (Å²) in [5, 5.41) is 1.27. The van der Waals surface area contributed by atoms with E-state index in [0.29, 0.717) is 32.5 Å². The number of hydrogen-bond acceptors (Lipinski definition) is 4. The Hall–Kier alpha value is -2.70. The van der Waals surface area contributed by atoms with Crippen LogP contribution in [0.25, 0.3) is 16.7 Å². The van der Waals surface area contributed by atoms with E-state index in [1.54, 1.807) is 42.6 Å². The van der Waals surface area contributed by atoms with Crippen molar-refractivity contribution in [2.24, 2.45) is 0 Å². The van der Waals surface area contributed by atoms with Crippen molar-refractivity contribution < 1.29 is 4.39 Å². The summed E-state index contributed by atoms with van der Waals surface area (Å²) in [7, 11) is 0. The molecule has 0 radical (unpaired) electrons. The molecule has 0 amide bonds. The van der Waals surface area contributed by atoms with Crippen LogP contribution in [0, 0.1) is 12.7 Å². The topological polar surface area (TPSA) is 47.8 Å². The monoisotopic (exact) mass is 411 g/mol. The number of benzene rings is 2. The molecule has 4 rings (SSSR count). The third kappa shape index (κ3) is 3.53. The van der Waals surface area contributed by atoms with Crippen molar-refractivity contribution in [2.75, 3.05) is 0 Å². The predicted molar refractivity (Wildman–Crippen MR) is 111 cm³/mol. The number of fused-ring (bicyclic) bond motifs is 1. The van der Waals surface area contributed by atoms with E-state index >= 15 is 0 Å². The van der Waals surface area contributed by atoms with E-state index < -0.39 is 0 Å². The van der Waals surface area contributed by atoms with Crippen molar-refractivity contribution >= 4 is 34.3 Å². The Balaban J connectivity index is 1.85. The molecule has 4 aromatic rings. The van der Waals surface area contributed by atoms with Crippen LogP contribution >= 0.6 is 23.4 Å². The number of nitrogens with zero attached hydrogens (tertiary/aromatic N) is 3. The predicted octanol–water partition coefficient (Wildman–Crippen LogP) is 5.17. The zero-order valence-electron chi connectivity index (χ0n) is 14.9. The van der Waals surface area contributed by atoms with E-state index in [9.17, 15) is 9.18 Å². The Morgan fingerprint density at radius 2 is 1.93 bits per heavy atom. The summed E-state index contributed by atoms with van der Waals surface area (Å²) in [5.41, 5.74) is 1.72. The Kier molecular flexibility index (Phi) is 5.15. The Morgan fingerprint density at radius 3 is 2.68 bits per heavy atom. The van der Waals surface area contributed by atoms with Crippen molar-refractivity contribution in [1.29, 1.82) is 0 Å². The van der Waals surface area contributed by atoms with Crippen molar-refractivity contribution in [3.63, 3.8) is 0 Å². The van der Waals surface area contributed by atoms with Crippen molar-refractivity contribution in [1.82, 2.24) is 14.5 Å². The average Bonchev–Trinajstić information content (AvgIpc) is 2.69. The van der Waals surface area contributed by atoms with E-state index in [4.69, 9.17) is 11.6 Å². The van der Waals surface area contributed by atoms with Crippen LogP contribution in [-0.2, 0) is 5.75 Å². The Labute approximate surface area is 170 Å². The molecule has 7 heteroatoms. The molecule has 2 aromatic heterocycles. The lowest BCUT2D eigenvalue weighted by Crippen LogP contribution is -2.22. The molecule has 0 N–H and O–H groups in total. The SMILES string of the molecule is Cc1ccc(-n2c(SCc3c(F)cccc3Cl)nc3ccccc3c2=O)nc1. The van der Waals surface area contributed by atoms with Gasteiger partial charge in [-0.2, -0.15) is 0 Å². The first-order valence-corrected chi connectivity index (χ1v) is 9.91. The third-order valence-corrected chi connectivity index (χ3v) is 5.60. The first-order valence-electron chi connectivity index (χ1n) is 8.55. The highest BCUT2D eigenvalue weighted by Crippen LogP contribution is 2.29. The summed E-state index contributed by atoms with van der Waals surface area (Å²) >= 11 is 7.39. The lowest BCUT2D eigenvalue weighted by molar-refractivity contribution is 0.617. The minimum absolute atomic E-state index is 0.218. The van der Waals surface area contributed by atoms with Crippen LogP contribution in [0.2, 0.25) is 5.02 Å². The van der Waals surface area contributed by atoms with Gasteiger partial charge in [0.2, 0.25) is 0 Å². The van der Waals surface area contributed by atoms with Crippen LogP contribution in [0.4, 0.5) is 4.39 Å². The number of hydrogen-bond donors (Lipinski definition) is 0. The third-order valence-electron chi connectivity index (χ3n) is 4.28. The van der Waals surface area contributed by atoms with Gasteiger partial charge in [0.25, 0.3) is 5.56 Å². The normalized spacial score (nSPS) is 11.1. The maximum Gasteiger partial charge on any atom is 0.267 e. The maximum absolute atomic E-state index is 14.2. The maximum atomic E-state index is 14.2. The first kappa shape index (κ1) is 18.7. The summed E-state index contributed by atoms with van der Waals surface area (Å²) in [5.74, 6) is 0.321. The molecule has 2 aromatic carbocycles. The molecule has 0 saturated heterocycles. The second-order valence-corrected chi connectivity index (χ2v) is 7.58. The quantitative estimate of drug-likeness (QED) is 0.343. The molecule has 0 bridgehead atoms. The van der Waals surface area contributed by atoms with Gasteiger partial charge in [0.05, 0.1) is 10.9 Å². The van der Waals surface area contributed by atoms with Gasteiger partial charge in [-0.05, 0) is 42.8 Å². The fraction of sp³-hybridized carbons (Fsp3) is 0.0952. The van der Waals surface area contributed by atoms with E-state index in [1.165, 1.54) is 22.4 Å². The van der Waals surface area contributed by atoms with E-state index in [1.807, 2.05) is 19.1 Å². The van der Waals surface area contributed by atoms with Crippen LogP contribution in [0.3, 0.4) is 0 Å². The largest absolute Gasteiger partial charge is 0.268 e. The second kappa shape index (κ2) is 7.73. The van der Waals surface area contributed by atoms with Crippen molar-refractivity contribution in [3.8, 4) is 5.82 Å². The number of halogens is 2. The summed E-state index contributed by atoms with van der Waals surface area (Å²) in [4.78, 5) is 22.2. The van der Waals surface area contributed by atoms with Crippen LogP contribution in [0.15, 0.2) is 70.7 Å². The van der Waals surface area contributed by atoms with E-state index in [0.717, 1.165) is 5.56 Å². The molecule has 28 heavy (non-hydrogen) atoms. The molecule has 0 saturated carbocycles. The Bertz CT molecular complexity index is 1200. The Morgan fingerprint density at radius 1 is 1.11 bits per heavy atom. The van der Waals surface area contributed by atoms with Crippen LogP contribution in [0.1, 0.15) is 11.1 Å². The number of thioether (sulfide) groups is 1. The standard InChI is InChI=1S/C21H15ClFN3OS/c1-13-9-10-19(24-11-13)26-20(27)14-5-2-3-8-18(14)25-21(26)28-12-15-16(22)6-4-7-17(15)23/h2-11H,12H2,1H3. The highest BCUT2D eigenvalue weighted by atomic mass is 35.5. The van der Waals surface area contributed by atoms with Gasteiger partial charge >= 0.3 is 0 Å². The number of pyridine rings is 1.